The van der Waals surface area contributed by atoms with Crippen LogP contribution in [0.2, 0.25) is 0 Å². The zero-order valence-corrected chi connectivity index (χ0v) is 11.8. The molecular formula is C16H11FN2O4. The van der Waals surface area contributed by atoms with Crippen LogP contribution in [0.3, 0.4) is 0 Å². The second-order valence-corrected chi connectivity index (χ2v) is 4.81. The Hall–Kier alpha value is -3.06. The van der Waals surface area contributed by atoms with E-state index in [1.165, 1.54) is 48.5 Å². The molecule has 0 aliphatic rings. The first-order chi connectivity index (χ1) is 11.1. The summed E-state index contributed by atoms with van der Waals surface area (Å²) in [6.07, 6.45) is 0. The summed E-state index contributed by atoms with van der Waals surface area (Å²) >= 11 is 0. The summed E-state index contributed by atoms with van der Waals surface area (Å²) in [6, 6.07) is 11.4. The number of nitro benzene ring substituents is 1. The maximum atomic E-state index is 13.0. The molecule has 3 rings (SSSR count). The summed E-state index contributed by atoms with van der Waals surface area (Å²) in [7, 11) is 0. The van der Waals surface area contributed by atoms with Gasteiger partial charge in [-0.25, -0.2) is 4.39 Å². The SMILES string of the molecule is O=[N+]([O-])c1ccc(-c2onc(-c3ccc(F)cc3)c2CO)cc1. The Balaban J connectivity index is 2.04. The highest BCUT2D eigenvalue weighted by atomic mass is 19.1. The molecule has 0 amide bonds. The van der Waals surface area contributed by atoms with E-state index >= 15 is 0 Å². The van der Waals surface area contributed by atoms with Crippen molar-refractivity contribution in [1.29, 1.82) is 0 Å². The first-order valence-electron chi connectivity index (χ1n) is 6.70. The lowest BCUT2D eigenvalue weighted by molar-refractivity contribution is -0.384. The normalized spacial score (nSPS) is 10.7. The van der Waals surface area contributed by atoms with Gasteiger partial charge in [0.25, 0.3) is 5.69 Å². The van der Waals surface area contributed by atoms with Crippen LogP contribution in [-0.4, -0.2) is 15.2 Å². The molecule has 2 aromatic carbocycles. The third-order valence-electron chi connectivity index (χ3n) is 3.40. The Morgan fingerprint density at radius 2 is 1.70 bits per heavy atom. The summed E-state index contributed by atoms with van der Waals surface area (Å²) in [5.74, 6) is -0.0555. The zero-order valence-electron chi connectivity index (χ0n) is 11.8. The van der Waals surface area contributed by atoms with Gasteiger partial charge in [0.05, 0.1) is 17.1 Å². The Morgan fingerprint density at radius 3 is 2.26 bits per heavy atom. The largest absolute Gasteiger partial charge is 0.391 e. The van der Waals surface area contributed by atoms with Gasteiger partial charge in [-0.1, -0.05) is 5.16 Å². The number of halogens is 1. The standard InChI is InChI=1S/C16H11FN2O4/c17-12-5-1-10(2-6-12)15-14(9-20)16(23-18-15)11-3-7-13(8-4-11)19(21)22/h1-8,20H,9H2. The van der Waals surface area contributed by atoms with Crippen LogP contribution in [0.1, 0.15) is 5.56 Å². The van der Waals surface area contributed by atoms with Crippen molar-refractivity contribution < 1.29 is 18.9 Å². The number of aromatic nitrogens is 1. The number of rotatable bonds is 4. The van der Waals surface area contributed by atoms with Gasteiger partial charge in [0, 0.05) is 23.3 Å². The van der Waals surface area contributed by atoms with Crippen molar-refractivity contribution in [3.05, 3.63) is 70.0 Å². The molecule has 6 nitrogen and oxygen atoms in total. The number of benzene rings is 2. The van der Waals surface area contributed by atoms with Crippen LogP contribution in [0.25, 0.3) is 22.6 Å². The number of hydrogen-bond donors (Lipinski definition) is 1. The van der Waals surface area contributed by atoms with Crippen LogP contribution in [-0.2, 0) is 6.61 Å². The zero-order chi connectivity index (χ0) is 16.4. The molecule has 0 unspecified atom stereocenters. The van der Waals surface area contributed by atoms with Gasteiger partial charge >= 0.3 is 0 Å². The molecule has 3 aromatic rings. The number of nitro groups is 1. The van der Waals surface area contributed by atoms with E-state index < -0.39 is 4.92 Å². The van der Waals surface area contributed by atoms with Crippen LogP contribution >= 0.6 is 0 Å². The lowest BCUT2D eigenvalue weighted by atomic mass is 10.0. The Bertz CT molecular complexity index is 842. The number of aliphatic hydroxyl groups is 1. The number of hydrogen-bond acceptors (Lipinski definition) is 5. The van der Waals surface area contributed by atoms with E-state index in [1.807, 2.05) is 0 Å². The molecule has 1 aromatic heterocycles. The van der Waals surface area contributed by atoms with E-state index in [9.17, 15) is 19.6 Å². The third-order valence-corrected chi connectivity index (χ3v) is 3.40. The molecule has 0 aliphatic heterocycles. The molecule has 23 heavy (non-hydrogen) atoms. The molecule has 0 radical (unpaired) electrons. The van der Waals surface area contributed by atoms with Gasteiger partial charge < -0.3 is 9.63 Å². The maximum Gasteiger partial charge on any atom is 0.269 e. The molecule has 116 valence electrons. The fraction of sp³-hybridized carbons (Fsp3) is 0.0625. The predicted octanol–water partition coefficient (Wildman–Crippen LogP) is 3.55. The first-order valence-corrected chi connectivity index (χ1v) is 6.70. The molecule has 0 fully saturated rings. The molecule has 0 aliphatic carbocycles. The van der Waals surface area contributed by atoms with Crippen molar-refractivity contribution in [1.82, 2.24) is 5.16 Å². The summed E-state index contributed by atoms with van der Waals surface area (Å²) < 4.78 is 18.3. The van der Waals surface area contributed by atoms with E-state index in [4.69, 9.17) is 4.52 Å². The number of nitrogens with zero attached hydrogens (tertiary/aromatic N) is 2. The molecule has 1 N–H and O–H groups in total. The van der Waals surface area contributed by atoms with Crippen molar-refractivity contribution in [2.45, 2.75) is 6.61 Å². The van der Waals surface area contributed by atoms with E-state index in [0.717, 1.165) is 0 Å². The minimum atomic E-state index is -0.499. The monoisotopic (exact) mass is 314 g/mol. The molecule has 7 heteroatoms. The Kier molecular flexibility index (Phi) is 3.86. The van der Waals surface area contributed by atoms with E-state index in [2.05, 4.69) is 5.16 Å². The van der Waals surface area contributed by atoms with Gasteiger partial charge in [-0.15, -0.1) is 0 Å². The fourth-order valence-electron chi connectivity index (χ4n) is 2.25. The van der Waals surface area contributed by atoms with E-state index in [-0.39, 0.29) is 18.1 Å². The summed E-state index contributed by atoms with van der Waals surface area (Å²) in [5.41, 5.74) is 1.96. The smallest absolute Gasteiger partial charge is 0.269 e. The lowest BCUT2D eigenvalue weighted by Gasteiger charge is -2.01. The Labute approximate surface area is 129 Å². The number of non-ortho nitro benzene ring substituents is 1. The van der Waals surface area contributed by atoms with Crippen molar-refractivity contribution in [2.24, 2.45) is 0 Å². The highest BCUT2D eigenvalue weighted by Crippen LogP contribution is 2.33. The lowest BCUT2D eigenvalue weighted by Crippen LogP contribution is -1.90. The fourth-order valence-corrected chi connectivity index (χ4v) is 2.25. The predicted molar refractivity (Wildman–Crippen MR) is 79.9 cm³/mol. The molecule has 0 bridgehead atoms. The second kappa shape index (κ2) is 5.98. The van der Waals surface area contributed by atoms with Crippen LogP contribution in [0.5, 0.6) is 0 Å². The average Bonchev–Trinajstić information content (AvgIpc) is 2.99. The van der Waals surface area contributed by atoms with Gasteiger partial charge in [-0.3, -0.25) is 10.1 Å². The molecule has 0 atom stereocenters. The Morgan fingerprint density at radius 1 is 1.09 bits per heavy atom. The summed E-state index contributed by atoms with van der Waals surface area (Å²) in [5, 5.41) is 24.2. The molecular weight excluding hydrogens is 303 g/mol. The van der Waals surface area contributed by atoms with Crippen molar-refractivity contribution in [2.75, 3.05) is 0 Å². The van der Waals surface area contributed by atoms with Gasteiger partial charge in [-0.2, -0.15) is 0 Å². The van der Waals surface area contributed by atoms with Crippen LogP contribution in [0.4, 0.5) is 10.1 Å². The van der Waals surface area contributed by atoms with Gasteiger partial charge in [0.15, 0.2) is 5.76 Å². The van der Waals surface area contributed by atoms with Crippen LogP contribution < -0.4 is 0 Å². The minimum absolute atomic E-state index is 0.0439. The topological polar surface area (TPSA) is 89.4 Å². The van der Waals surface area contributed by atoms with Gasteiger partial charge in [0.2, 0.25) is 0 Å². The number of aliphatic hydroxyl groups excluding tert-OH is 1. The maximum absolute atomic E-state index is 13.0. The molecule has 0 spiro atoms. The van der Waals surface area contributed by atoms with Crippen LogP contribution in [0, 0.1) is 15.9 Å². The quantitative estimate of drug-likeness (QED) is 0.587. The average molecular weight is 314 g/mol. The molecule has 0 saturated heterocycles. The molecule has 0 saturated carbocycles. The highest BCUT2D eigenvalue weighted by molar-refractivity contribution is 5.72. The van der Waals surface area contributed by atoms with Gasteiger partial charge in [-0.05, 0) is 36.4 Å². The third kappa shape index (κ3) is 2.82. The second-order valence-electron chi connectivity index (χ2n) is 4.81. The minimum Gasteiger partial charge on any atom is -0.391 e. The molecule has 1 heterocycles. The van der Waals surface area contributed by atoms with E-state index in [1.54, 1.807) is 0 Å². The highest BCUT2D eigenvalue weighted by Gasteiger charge is 2.19. The summed E-state index contributed by atoms with van der Waals surface area (Å²) in [4.78, 5) is 10.2. The van der Waals surface area contributed by atoms with E-state index in [0.29, 0.717) is 28.1 Å². The summed E-state index contributed by atoms with van der Waals surface area (Å²) in [6.45, 7) is -0.331. The van der Waals surface area contributed by atoms with Gasteiger partial charge in [0.1, 0.15) is 11.5 Å². The van der Waals surface area contributed by atoms with Crippen molar-refractivity contribution >= 4 is 5.69 Å². The van der Waals surface area contributed by atoms with Crippen molar-refractivity contribution in [3.63, 3.8) is 0 Å². The van der Waals surface area contributed by atoms with Crippen molar-refractivity contribution in [3.8, 4) is 22.6 Å². The van der Waals surface area contributed by atoms with Crippen LogP contribution in [0.15, 0.2) is 53.1 Å². The first kappa shape index (κ1) is 14.9.